The van der Waals surface area contributed by atoms with E-state index >= 15 is 0 Å². The summed E-state index contributed by atoms with van der Waals surface area (Å²) in [6, 6.07) is 4.58. The Bertz CT molecular complexity index is 593. The molecule has 5 rings (SSSR count). The molecule has 4 aliphatic carbocycles. The summed E-state index contributed by atoms with van der Waals surface area (Å²) in [4.78, 5) is 12.2. The minimum absolute atomic E-state index is 0.219. The van der Waals surface area contributed by atoms with E-state index in [4.69, 9.17) is 0 Å². The van der Waals surface area contributed by atoms with E-state index in [9.17, 15) is 9.18 Å². The van der Waals surface area contributed by atoms with Gasteiger partial charge >= 0.3 is 6.03 Å². The van der Waals surface area contributed by atoms with Crippen molar-refractivity contribution in [3.05, 3.63) is 29.6 Å². The number of rotatable bonds is 3. The number of carbonyl (C=O) groups excluding carboxylic acids is 1. The van der Waals surface area contributed by atoms with Crippen molar-refractivity contribution in [2.45, 2.75) is 45.4 Å². The molecule has 0 spiro atoms. The van der Waals surface area contributed by atoms with E-state index in [1.165, 1.54) is 44.6 Å². The second-order valence-electron chi connectivity index (χ2n) is 8.19. The lowest BCUT2D eigenvalue weighted by atomic mass is 9.49. The number of hydrogen-bond donors (Lipinski definition) is 2. The quantitative estimate of drug-likeness (QED) is 0.848. The summed E-state index contributed by atoms with van der Waals surface area (Å²) in [6.45, 7) is 2.48. The van der Waals surface area contributed by atoms with Gasteiger partial charge in [0.25, 0.3) is 0 Å². The van der Waals surface area contributed by atoms with Crippen molar-refractivity contribution in [2.24, 2.45) is 23.2 Å². The number of aryl methyl sites for hydroxylation is 1. The molecule has 0 atom stereocenters. The van der Waals surface area contributed by atoms with Crippen LogP contribution in [0.2, 0.25) is 0 Å². The van der Waals surface area contributed by atoms with Crippen molar-refractivity contribution in [3.8, 4) is 0 Å². The summed E-state index contributed by atoms with van der Waals surface area (Å²) in [5, 5.41) is 5.80. The van der Waals surface area contributed by atoms with Gasteiger partial charge in [-0.05, 0) is 86.3 Å². The van der Waals surface area contributed by atoms with Crippen molar-refractivity contribution >= 4 is 11.7 Å². The van der Waals surface area contributed by atoms with Crippen LogP contribution in [0.3, 0.4) is 0 Å². The molecule has 1 aromatic carbocycles. The van der Waals surface area contributed by atoms with Gasteiger partial charge in [-0.15, -0.1) is 0 Å². The minimum Gasteiger partial charge on any atom is -0.337 e. The first-order chi connectivity index (χ1) is 11.0. The van der Waals surface area contributed by atoms with Crippen LogP contribution in [0.4, 0.5) is 14.9 Å². The lowest BCUT2D eigenvalue weighted by Gasteiger charge is -2.56. The Morgan fingerprint density at radius 3 is 2.35 bits per heavy atom. The Labute approximate surface area is 137 Å². The molecule has 0 saturated heterocycles. The number of amides is 2. The van der Waals surface area contributed by atoms with Crippen molar-refractivity contribution in [2.75, 3.05) is 11.9 Å². The van der Waals surface area contributed by atoms with Crippen LogP contribution < -0.4 is 10.6 Å². The molecule has 124 valence electrons. The zero-order valence-corrected chi connectivity index (χ0v) is 13.7. The molecule has 4 heteroatoms. The van der Waals surface area contributed by atoms with Gasteiger partial charge in [-0.2, -0.15) is 0 Å². The van der Waals surface area contributed by atoms with Gasteiger partial charge in [-0.3, -0.25) is 0 Å². The summed E-state index contributed by atoms with van der Waals surface area (Å²) in [5.74, 6) is 2.37. The number of carbonyl (C=O) groups is 1. The summed E-state index contributed by atoms with van der Waals surface area (Å²) >= 11 is 0. The number of benzene rings is 1. The lowest BCUT2D eigenvalue weighted by molar-refractivity contribution is -0.0496. The SMILES string of the molecule is Cc1ccc(NC(=O)NCC23CC4CC(CC(C4)C2)C3)cc1F. The molecule has 3 nitrogen and oxygen atoms in total. The van der Waals surface area contributed by atoms with Crippen molar-refractivity contribution in [1.29, 1.82) is 0 Å². The maximum absolute atomic E-state index is 13.5. The van der Waals surface area contributed by atoms with Gasteiger partial charge in [0.15, 0.2) is 0 Å². The molecule has 0 unspecified atom stereocenters. The van der Waals surface area contributed by atoms with E-state index in [-0.39, 0.29) is 11.8 Å². The largest absolute Gasteiger partial charge is 0.337 e. The average Bonchev–Trinajstić information content (AvgIpc) is 2.48. The molecule has 2 amide bonds. The molecule has 0 aromatic heterocycles. The van der Waals surface area contributed by atoms with Crippen molar-refractivity contribution in [3.63, 3.8) is 0 Å². The highest BCUT2D eigenvalue weighted by atomic mass is 19.1. The smallest absolute Gasteiger partial charge is 0.319 e. The van der Waals surface area contributed by atoms with Gasteiger partial charge in [0.05, 0.1) is 0 Å². The predicted molar refractivity (Wildman–Crippen MR) is 88.8 cm³/mol. The third kappa shape index (κ3) is 2.96. The summed E-state index contributed by atoms with van der Waals surface area (Å²) in [6.07, 6.45) is 8.06. The van der Waals surface area contributed by atoms with Gasteiger partial charge in [0, 0.05) is 12.2 Å². The Hall–Kier alpha value is -1.58. The molecule has 2 N–H and O–H groups in total. The highest BCUT2D eigenvalue weighted by Gasteiger charge is 2.50. The summed E-state index contributed by atoms with van der Waals surface area (Å²) in [5.41, 5.74) is 1.42. The first-order valence-electron chi connectivity index (χ1n) is 8.82. The molecule has 4 bridgehead atoms. The number of halogens is 1. The topological polar surface area (TPSA) is 41.1 Å². The fourth-order valence-corrected chi connectivity index (χ4v) is 5.62. The van der Waals surface area contributed by atoms with Crippen LogP contribution in [-0.2, 0) is 0 Å². The van der Waals surface area contributed by atoms with Crippen LogP contribution in [0, 0.1) is 35.9 Å². The van der Waals surface area contributed by atoms with Crippen LogP contribution in [0.25, 0.3) is 0 Å². The molecule has 1 aromatic rings. The third-order valence-electron chi connectivity index (χ3n) is 6.22. The van der Waals surface area contributed by atoms with E-state index in [1.807, 2.05) is 0 Å². The first-order valence-corrected chi connectivity index (χ1v) is 8.82. The molecule has 0 heterocycles. The molecule has 4 fully saturated rings. The highest BCUT2D eigenvalue weighted by Crippen LogP contribution is 2.59. The van der Waals surface area contributed by atoms with Gasteiger partial charge in [0.2, 0.25) is 0 Å². The van der Waals surface area contributed by atoms with E-state index in [0.717, 1.165) is 24.3 Å². The molecule has 0 radical (unpaired) electrons. The van der Waals surface area contributed by atoms with E-state index in [1.54, 1.807) is 19.1 Å². The molecule has 4 saturated carbocycles. The Balaban J connectivity index is 1.35. The monoisotopic (exact) mass is 316 g/mol. The van der Waals surface area contributed by atoms with Crippen LogP contribution in [0.5, 0.6) is 0 Å². The highest BCUT2D eigenvalue weighted by molar-refractivity contribution is 5.89. The maximum atomic E-state index is 13.5. The van der Waals surface area contributed by atoms with Crippen LogP contribution in [0.15, 0.2) is 18.2 Å². The van der Waals surface area contributed by atoms with Gasteiger partial charge in [0.1, 0.15) is 5.82 Å². The van der Waals surface area contributed by atoms with E-state index < -0.39 is 0 Å². The molecule has 23 heavy (non-hydrogen) atoms. The zero-order chi connectivity index (χ0) is 16.0. The molecular weight excluding hydrogens is 291 g/mol. The Kier molecular flexibility index (Phi) is 3.58. The van der Waals surface area contributed by atoms with E-state index in [0.29, 0.717) is 16.7 Å². The summed E-state index contributed by atoms with van der Waals surface area (Å²) in [7, 11) is 0. The third-order valence-corrected chi connectivity index (χ3v) is 6.22. The zero-order valence-electron chi connectivity index (χ0n) is 13.7. The summed E-state index contributed by atoms with van der Waals surface area (Å²) < 4.78 is 13.5. The Morgan fingerprint density at radius 2 is 1.78 bits per heavy atom. The lowest BCUT2D eigenvalue weighted by Crippen LogP contribution is -2.51. The normalized spacial score (nSPS) is 34.4. The molecule has 0 aliphatic heterocycles. The van der Waals surface area contributed by atoms with Crippen LogP contribution in [0.1, 0.15) is 44.1 Å². The number of urea groups is 1. The van der Waals surface area contributed by atoms with Gasteiger partial charge in [-0.1, -0.05) is 6.07 Å². The maximum Gasteiger partial charge on any atom is 0.319 e. The second kappa shape index (κ2) is 5.50. The average molecular weight is 316 g/mol. The standard InChI is InChI=1S/C19H25FN2O/c1-12-2-3-16(7-17(12)20)22-18(23)21-11-19-8-13-4-14(9-19)6-15(5-13)10-19/h2-3,7,13-15H,4-6,8-11H2,1H3,(H2,21,22,23). The van der Waals surface area contributed by atoms with Crippen molar-refractivity contribution < 1.29 is 9.18 Å². The number of nitrogens with one attached hydrogen (secondary N) is 2. The predicted octanol–water partition coefficient (Wildman–Crippen LogP) is 4.47. The van der Waals surface area contributed by atoms with Gasteiger partial charge in [-0.25, -0.2) is 9.18 Å². The van der Waals surface area contributed by atoms with Gasteiger partial charge < -0.3 is 10.6 Å². The number of anilines is 1. The second-order valence-corrected chi connectivity index (χ2v) is 8.19. The number of hydrogen-bond acceptors (Lipinski definition) is 1. The Morgan fingerprint density at radius 1 is 1.17 bits per heavy atom. The molecular formula is C19H25FN2O. The fraction of sp³-hybridized carbons (Fsp3) is 0.632. The van der Waals surface area contributed by atoms with E-state index in [2.05, 4.69) is 10.6 Å². The minimum atomic E-state index is -0.288. The van der Waals surface area contributed by atoms with Crippen LogP contribution in [-0.4, -0.2) is 12.6 Å². The first kappa shape index (κ1) is 15.0. The molecule has 4 aliphatic rings. The van der Waals surface area contributed by atoms with Crippen LogP contribution >= 0.6 is 0 Å². The van der Waals surface area contributed by atoms with Crippen molar-refractivity contribution in [1.82, 2.24) is 5.32 Å². The fourth-order valence-electron chi connectivity index (χ4n) is 5.62.